The van der Waals surface area contributed by atoms with Crippen LogP contribution in [-0.4, -0.2) is 21.1 Å². The smallest absolute Gasteiger partial charge is 0.115 e. The van der Waals surface area contributed by atoms with Gasteiger partial charge < -0.3 is 4.57 Å². The average molecular weight is 321 g/mol. The molecule has 2 aromatic rings. The van der Waals surface area contributed by atoms with Crippen LogP contribution < -0.4 is 0 Å². The number of aromatic nitrogens is 2. The fourth-order valence-electron chi connectivity index (χ4n) is 3.06. The molecule has 0 saturated carbocycles. The zero-order valence-electron chi connectivity index (χ0n) is 13.1. The predicted octanol–water partition coefficient (Wildman–Crippen LogP) is 4.77. The maximum Gasteiger partial charge on any atom is 0.115 e. The van der Waals surface area contributed by atoms with Gasteiger partial charge in [-0.1, -0.05) is 20.8 Å². The molecule has 2 heterocycles. The Labute approximate surface area is 137 Å². The molecule has 0 atom stereocenters. The number of hydrogen-bond donors (Lipinski definition) is 1. The molecule has 0 spiro atoms. The summed E-state index contributed by atoms with van der Waals surface area (Å²) in [6.07, 6.45) is 2.66. The number of hydrogen-bond acceptors (Lipinski definition) is 3. The molecular weight excluding hydrogens is 296 g/mol. The Balaban J connectivity index is 2.04. The van der Waals surface area contributed by atoms with Gasteiger partial charge in [0.1, 0.15) is 5.82 Å². The lowest BCUT2D eigenvalue weighted by Gasteiger charge is -2.26. The maximum atomic E-state index is 4.92. The highest BCUT2D eigenvalue weighted by Gasteiger charge is 2.25. The molecule has 0 N–H and O–H groups in total. The van der Waals surface area contributed by atoms with E-state index in [2.05, 4.69) is 67.9 Å². The quantitative estimate of drug-likeness (QED) is 0.804. The van der Waals surface area contributed by atoms with E-state index in [4.69, 9.17) is 4.98 Å². The van der Waals surface area contributed by atoms with Crippen molar-refractivity contribution in [1.82, 2.24) is 9.55 Å². The van der Waals surface area contributed by atoms with E-state index in [-0.39, 0.29) is 5.41 Å². The van der Waals surface area contributed by atoms with E-state index in [1.54, 1.807) is 0 Å². The van der Waals surface area contributed by atoms with Crippen molar-refractivity contribution in [3.63, 3.8) is 0 Å². The zero-order valence-corrected chi connectivity index (χ0v) is 14.8. The van der Waals surface area contributed by atoms with Gasteiger partial charge >= 0.3 is 0 Å². The van der Waals surface area contributed by atoms with Crippen LogP contribution in [0.5, 0.6) is 0 Å². The third-order valence-corrected chi connectivity index (χ3v) is 5.51. The molecule has 1 fully saturated rings. The van der Waals surface area contributed by atoms with Gasteiger partial charge in [0.15, 0.2) is 0 Å². The van der Waals surface area contributed by atoms with Crippen LogP contribution in [0.3, 0.4) is 0 Å². The van der Waals surface area contributed by atoms with Gasteiger partial charge in [0.05, 0.1) is 11.0 Å². The normalized spacial score (nSPS) is 17.5. The maximum absolute atomic E-state index is 4.92. The number of fused-ring (bicyclic) bond motifs is 1. The van der Waals surface area contributed by atoms with E-state index in [0.29, 0.717) is 0 Å². The topological polar surface area (TPSA) is 17.8 Å². The molecule has 0 aliphatic carbocycles. The lowest BCUT2D eigenvalue weighted by molar-refractivity contribution is 0.395. The van der Waals surface area contributed by atoms with Crippen LogP contribution in [0, 0.1) is 5.92 Å². The first-order chi connectivity index (χ1) is 9.95. The van der Waals surface area contributed by atoms with Gasteiger partial charge in [0.25, 0.3) is 0 Å². The number of nitrogens with zero attached hydrogens (tertiary/aromatic N) is 2. The van der Waals surface area contributed by atoms with Crippen LogP contribution in [0.15, 0.2) is 23.1 Å². The van der Waals surface area contributed by atoms with Gasteiger partial charge in [-0.2, -0.15) is 11.8 Å². The summed E-state index contributed by atoms with van der Waals surface area (Å²) in [4.78, 5) is 5.91. The second kappa shape index (κ2) is 5.88. The van der Waals surface area contributed by atoms with Crippen molar-refractivity contribution in [2.24, 2.45) is 5.92 Å². The lowest BCUT2D eigenvalue weighted by atomic mass is 9.95. The Hall–Kier alpha value is -0.610. The van der Waals surface area contributed by atoms with Crippen LogP contribution in [0.4, 0.5) is 0 Å². The molecule has 0 unspecified atom stereocenters. The van der Waals surface area contributed by atoms with Gasteiger partial charge in [0, 0.05) is 16.9 Å². The third kappa shape index (κ3) is 3.26. The van der Waals surface area contributed by atoms with Crippen molar-refractivity contribution in [1.29, 1.82) is 0 Å². The molecule has 1 aromatic carbocycles. The number of benzene rings is 1. The molecule has 0 amide bonds. The van der Waals surface area contributed by atoms with Gasteiger partial charge in [-0.15, -0.1) is 12.6 Å². The van der Waals surface area contributed by atoms with E-state index < -0.39 is 0 Å². The fourth-order valence-corrected chi connectivity index (χ4v) is 4.46. The molecule has 1 saturated heterocycles. The number of thiol groups is 1. The van der Waals surface area contributed by atoms with E-state index in [0.717, 1.165) is 22.9 Å². The molecule has 1 aromatic heterocycles. The molecule has 21 heavy (non-hydrogen) atoms. The second-order valence-corrected chi connectivity index (χ2v) is 8.77. The highest BCUT2D eigenvalue weighted by atomic mass is 32.2. The average Bonchev–Trinajstić information content (AvgIpc) is 2.78. The lowest BCUT2D eigenvalue weighted by Crippen LogP contribution is -2.23. The molecule has 114 valence electrons. The van der Waals surface area contributed by atoms with Crippen LogP contribution in [0.1, 0.15) is 39.4 Å². The highest BCUT2D eigenvalue weighted by Crippen LogP contribution is 2.31. The first-order valence-electron chi connectivity index (χ1n) is 7.72. The first kappa shape index (κ1) is 15.3. The SMILES string of the molecule is CC(C)(C)c1nc2cc(S)ccc2n1CC1CCSCC1. The Bertz CT molecular complexity index is 634. The minimum Gasteiger partial charge on any atom is -0.327 e. The number of imidazole rings is 1. The van der Waals surface area contributed by atoms with Gasteiger partial charge in [-0.3, -0.25) is 0 Å². The molecule has 0 bridgehead atoms. The number of rotatable bonds is 2. The first-order valence-corrected chi connectivity index (χ1v) is 9.33. The van der Waals surface area contributed by atoms with Crippen LogP contribution in [0.2, 0.25) is 0 Å². The second-order valence-electron chi connectivity index (χ2n) is 7.02. The monoisotopic (exact) mass is 320 g/mol. The van der Waals surface area contributed by atoms with Crippen molar-refractivity contribution in [2.45, 2.75) is 50.5 Å². The fraction of sp³-hybridized carbons (Fsp3) is 0.588. The van der Waals surface area contributed by atoms with E-state index in [9.17, 15) is 0 Å². The largest absolute Gasteiger partial charge is 0.327 e. The van der Waals surface area contributed by atoms with Crippen molar-refractivity contribution < 1.29 is 0 Å². The minimum absolute atomic E-state index is 0.0686. The van der Waals surface area contributed by atoms with Crippen molar-refractivity contribution >= 4 is 35.4 Å². The Kier molecular flexibility index (Phi) is 4.28. The minimum atomic E-state index is 0.0686. The summed E-state index contributed by atoms with van der Waals surface area (Å²) in [5, 5.41) is 0. The summed E-state index contributed by atoms with van der Waals surface area (Å²) in [5.41, 5.74) is 2.41. The summed E-state index contributed by atoms with van der Waals surface area (Å²) in [6.45, 7) is 7.87. The predicted molar refractivity (Wildman–Crippen MR) is 95.7 cm³/mol. The van der Waals surface area contributed by atoms with Gasteiger partial charge in [0.2, 0.25) is 0 Å². The van der Waals surface area contributed by atoms with Gasteiger partial charge in [-0.05, 0) is 48.5 Å². The van der Waals surface area contributed by atoms with Crippen molar-refractivity contribution in [3.05, 3.63) is 24.0 Å². The van der Waals surface area contributed by atoms with Crippen LogP contribution in [-0.2, 0) is 12.0 Å². The van der Waals surface area contributed by atoms with Gasteiger partial charge in [-0.25, -0.2) is 4.98 Å². The summed E-state index contributed by atoms with van der Waals surface area (Å²) >= 11 is 6.55. The van der Waals surface area contributed by atoms with E-state index in [1.807, 2.05) is 0 Å². The zero-order chi connectivity index (χ0) is 15.0. The molecular formula is C17H24N2S2. The molecule has 4 heteroatoms. The van der Waals surface area contributed by atoms with E-state index >= 15 is 0 Å². The summed E-state index contributed by atoms with van der Waals surface area (Å²) in [7, 11) is 0. The Morgan fingerprint density at radius 3 is 2.67 bits per heavy atom. The molecule has 0 radical (unpaired) electrons. The standard InChI is InChI=1S/C17H24N2S2/c1-17(2,3)16-18-14-10-13(20)4-5-15(14)19(16)11-12-6-8-21-9-7-12/h4-5,10,12,20H,6-9,11H2,1-3H3. The Morgan fingerprint density at radius 1 is 1.29 bits per heavy atom. The third-order valence-electron chi connectivity index (χ3n) is 4.18. The Morgan fingerprint density at radius 2 is 2.00 bits per heavy atom. The summed E-state index contributed by atoms with van der Waals surface area (Å²) in [5.74, 6) is 4.61. The van der Waals surface area contributed by atoms with Crippen molar-refractivity contribution in [3.8, 4) is 0 Å². The van der Waals surface area contributed by atoms with Crippen LogP contribution in [0.25, 0.3) is 11.0 Å². The summed E-state index contributed by atoms with van der Waals surface area (Å²) in [6, 6.07) is 6.34. The highest BCUT2D eigenvalue weighted by molar-refractivity contribution is 7.99. The molecule has 3 rings (SSSR count). The van der Waals surface area contributed by atoms with E-state index in [1.165, 1.54) is 35.7 Å². The molecule has 1 aliphatic rings. The van der Waals surface area contributed by atoms with Crippen molar-refractivity contribution in [2.75, 3.05) is 11.5 Å². The molecule has 1 aliphatic heterocycles. The number of thioether (sulfide) groups is 1. The summed E-state index contributed by atoms with van der Waals surface area (Å²) < 4.78 is 2.46. The van der Waals surface area contributed by atoms with Crippen LogP contribution >= 0.6 is 24.4 Å². The molecule has 2 nitrogen and oxygen atoms in total.